The summed E-state index contributed by atoms with van der Waals surface area (Å²) in [4.78, 5) is 3.97. The van der Waals surface area contributed by atoms with Crippen LogP contribution in [0, 0.1) is 0 Å². The molecule has 0 amide bonds. The van der Waals surface area contributed by atoms with E-state index in [2.05, 4.69) is 10.3 Å². The maximum Gasteiger partial charge on any atom is 0.133 e. The van der Waals surface area contributed by atoms with Crippen molar-refractivity contribution < 1.29 is 5.11 Å². The molecule has 1 aromatic rings. The summed E-state index contributed by atoms with van der Waals surface area (Å²) >= 11 is 5.88. The standard InChI is InChI=1S/C10H15ClN2O/c1-2-9(7-14)13-6-8-4-3-5-12-10(8)11/h3-5,9,13-14H,2,6-7H2,1H3. The second-order valence-electron chi connectivity index (χ2n) is 3.12. The zero-order valence-corrected chi connectivity index (χ0v) is 8.96. The number of rotatable bonds is 5. The van der Waals surface area contributed by atoms with Crippen LogP contribution in [0.25, 0.3) is 0 Å². The summed E-state index contributed by atoms with van der Waals surface area (Å²) < 4.78 is 0. The number of halogens is 1. The topological polar surface area (TPSA) is 45.1 Å². The number of aliphatic hydroxyl groups is 1. The van der Waals surface area contributed by atoms with Gasteiger partial charge in [-0.15, -0.1) is 0 Å². The number of pyridine rings is 1. The minimum atomic E-state index is 0.131. The number of aliphatic hydroxyl groups excluding tert-OH is 1. The molecular formula is C10H15ClN2O. The third-order valence-electron chi connectivity index (χ3n) is 2.13. The van der Waals surface area contributed by atoms with Gasteiger partial charge in [-0.25, -0.2) is 4.98 Å². The minimum absolute atomic E-state index is 0.131. The van der Waals surface area contributed by atoms with Crippen LogP contribution >= 0.6 is 11.6 Å². The van der Waals surface area contributed by atoms with E-state index in [0.29, 0.717) is 11.7 Å². The number of hydrogen-bond acceptors (Lipinski definition) is 3. The van der Waals surface area contributed by atoms with Crippen molar-refractivity contribution in [2.24, 2.45) is 0 Å². The number of hydrogen-bond donors (Lipinski definition) is 2. The molecule has 1 atom stereocenters. The summed E-state index contributed by atoms with van der Waals surface area (Å²) in [5, 5.41) is 12.7. The molecule has 0 spiro atoms. The van der Waals surface area contributed by atoms with E-state index in [0.717, 1.165) is 12.0 Å². The van der Waals surface area contributed by atoms with Gasteiger partial charge in [-0.2, -0.15) is 0 Å². The first kappa shape index (κ1) is 11.4. The smallest absolute Gasteiger partial charge is 0.133 e. The summed E-state index contributed by atoms with van der Waals surface area (Å²) in [7, 11) is 0. The molecule has 14 heavy (non-hydrogen) atoms. The van der Waals surface area contributed by atoms with E-state index < -0.39 is 0 Å². The average Bonchev–Trinajstić information content (AvgIpc) is 2.22. The molecule has 0 bridgehead atoms. The van der Waals surface area contributed by atoms with Crippen molar-refractivity contribution in [1.29, 1.82) is 0 Å². The van der Waals surface area contributed by atoms with Gasteiger partial charge in [0.1, 0.15) is 5.15 Å². The third kappa shape index (κ3) is 3.25. The van der Waals surface area contributed by atoms with Crippen molar-refractivity contribution >= 4 is 11.6 Å². The van der Waals surface area contributed by atoms with Gasteiger partial charge in [0.2, 0.25) is 0 Å². The molecule has 1 heterocycles. The fourth-order valence-electron chi connectivity index (χ4n) is 1.14. The Labute approximate surface area is 89.1 Å². The fourth-order valence-corrected chi connectivity index (χ4v) is 1.33. The van der Waals surface area contributed by atoms with Crippen LogP contribution in [0.3, 0.4) is 0 Å². The van der Waals surface area contributed by atoms with E-state index in [-0.39, 0.29) is 12.6 Å². The molecule has 0 saturated carbocycles. The fraction of sp³-hybridized carbons (Fsp3) is 0.500. The molecule has 0 aromatic carbocycles. The zero-order chi connectivity index (χ0) is 10.4. The number of nitrogens with one attached hydrogen (secondary N) is 1. The highest BCUT2D eigenvalue weighted by Crippen LogP contribution is 2.11. The van der Waals surface area contributed by atoms with Crippen LogP contribution in [0.4, 0.5) is 0 Å². The molecule has 78 valence electrons. The van der Waals surface area contributed by atoms with Gasteiger partial charge in [-0.05, 0) is 12.5 Å². The van der Waals surface area contributed by atoms with Crippen LogP contribution < -0.4 is 5.32 Å². The molecule has 2 N–H and O–H groups in total. The molecule has 0 aliphatic rings. The highest BCUT2D eigenvalue weighted by atomic mass is 35.5. The lowest BCUT2D eigenvalue weighted by atomic mass is 10.2. The van der Waals surface area contributed by atoms with Crippen LogP contribution in [0.5, 0.6) is 0 Å². The zero-order valence-electron chi connectivity index (χ0n) is 8.20. The quantitative estimate of drug-likeness (QED) is 0.732. The van der Waals surface area contributed by atoms with E-state index >= 15 is 0 Å². The first-order valence-corrected chi connectivity index (χ1v) is 5.09. The summed E-state index contributed by atoms with van der Waals surface area (Å²) in [6, 6.07) is 3.90. The Morgan fingerprint density at radius 1 is 1.64 bits per heavy atom. The Morgan fingerprint density at radius 2 is 2.43 bits per heavy atom. The van der Waals surface area contributed by atoms with E-state index in [4.69, 9.17) is 16.7 Å². The second-order valence-corrected chi connectivity index (χ2v) is 3.48. The van der Waals surface area contributed by atoms with Gasteiger partial charge in [0, 0.05) is 24.3 Å². The molecule has 0 radical (unpaired) electrons. The Morgan fingerprint density at radius 3 is 3.00 bits per heavy atom. The van der Waals surface area contributed by atoms with Crippen LogP contribution in [0.2, 0.25) is 5.15 Å². The highest BCUT2D eigenvalue weighted by molar-refractivity contribution is 6.30. The summed E-state index contributed by atoms with van der Waals surface area (Å²) in [5.74, 6) is 0. The van der Waals surface area contributed by atoms with E-state index in [1.807, 2.05) is 19.1 Å². The van der Waals surface area contributed by atoms with Crippen LogP contribution in [-0.4, -0.2) is 22.7 Å². The predicted octanol–water partition coefficient (Wildman–Crippen LogP) is 1.60. The van der Waals surface area contributed by atoms with E-state index in [1.54, 1.807) is 6.20 Å². The van der Waals surface area contributed by atoms with Crippen molar-refractivity contribution in [3.63, 3.8) is 0 Å². The molecule has 0 aliphatic carbocycles. The Bertz CT molecular complexity index is 277. The predicted molar refractivity (Wildman–Crippen MR) is 57.3 cm³/mol. The molecule has 4 heteroatoms. The molecule has 1 unspecified atom stereocenters. The largest absolute Gasteiger partial charge is 0.395 e. The normalized spacial score (nSPS) is 12.8. The maximum absolute atomic E-state index is 8.96. The lowest BCUT2D eigenvalue weighted by Gasteiger charge is -2.13. The number of aromatic nitrogens is 1. The summed E-state index contributed by atoms with van der Waals surface area (Å²) in [6.45, 7) is 2.82. The lowest BCUT2D eigenvalue weighted by molar-refractivity contribution is 0.238. The Hall–Kier alpha value is -0.640. The van der Waals surface area contributed by atoms with Gasteiger partial charge in [0.25, 0.3) is 0 Å². The van der Waals surface area contributed by atoms with E-state index in [9.17, 15) is 0 Å². The maximum atomic E-state index is 8.96. The van der Waals surface area contributed by atoms with Crippen molar-refractivity contribution in [3.05, 3.63) is 29.0 Å². The average molecular weight is 215 g/mol. The highest BCUT2D eigenvalue weighted by Gasteiger charge is 2.05. The minimum Gasteiger partial charge on any atom is -0.395 e. The van der Waals surface area contributed by atoms with Crippen molar-refractivity contribution in [2.75, 3.05) is 6.61 Å². The van der Waals surface area contributed by atoms with E-state index in [1.165, 1.54) is 0 Å². The molecular weight excluding hydrogens is 200 g/mol. The molecule has 1 aromatic heterocycles. The van der Waals surface area contributed by atoms with Crippen molar-refractivity contribution in [3.8, 4) is 0 Å². The van der Waals surface area contributed by atoms with Crippen LogP contribution in [-0.2, 0) is 6.54 Å². The van der Waals surface area contributed by atoms with Crippen molar-refractivity contribution in [1.82, 2.24) is 10.3 Å². The molecule has 0 aliphatic heterocycles. The van der Waals surface area contributed by atoms with Gasteiger partial charge in [0.15, 0.2) is 0 Å². The van der Waals surface area contributed by atoms with Gasteiger partial charge in [0.05, 0.1) is 6.61 Å². The van der Waals surface area contributed by atoms with Crippen LogP contribution in [0.1, 0.15) is 18.9 Å². The first-order chi connectivity index (χ1) is 6.77. The van der Waals surface area contributed by atoms with Gasteiger partial charge >= 0.3 is 0 Å². The molecule has 1 rings (SSSR count). The third-order valence-corrected chi connectivity index (χ3v) is 2.47. The summed E-state index contributed by atoms with van der Waals surface area (Å²) in [6.07, 6.45) is 2.56. The SMILES string of the molecule is CCC(CO)NCc1cccnc1Cl. The number of nitrogens with zero attached hydrogens (tertiary/aromatic N) is 1. The van der Waals surface area contributed by atoms with Gasteiger partial charge in [-0.1, -0.05) is 24.6 Å². The van der Waals surface area contributed by atoms with Gasteiger partial charge < -0.3 is 10.4 Å². The molecule has 3 nitrogen and oxygen atoms in total. The Balaban J connectivity index is 2.49. The lowest BCUT2D eigenvalue weighted by Crippen LogP contribution is -2.31. The summed E-state index contributed by atoms with van der Waals surface area (Å²) in [5.41, 5.74) is 0.959. The molecule has 0 saturated heterocycles. The Kier molecular flexibility index (Phi) is 4.87. The van der Waals surface area contributed by atoms with Crippen molar-refractivity contribution in [2.45, 2.75) is 25.9 Å². The molecule has 0 fully saturated rings. The van der Waals surface area contributed by atoms with Gasteiger partial charge in [-0.3, -0.25) is 0 Å². The monoisotopic (exact) mass is 214 g/mol. The van der Waals surface area contributed by atoms with Crippen LogP contribution in [0.15, 0.2) is 18.3 Å². The first-order valence-electron chi connectivity index (χ1n) is 4.71. The second kappa shape index (κ2) is 5.96.